The highest BCUT2D eigenvalue weighted by Gasteiger charge is 2.33. The van der Waals surface area contributed by atoms with Crippen LogP contribution in [0.5, 0.6) is 0 Å². The molecule has 1 aromatic carbocycles. The van der Waals surface area contributed by atoms with Gasteiger partial charge in [-0.15, -0.1) is 0 Å². The molecule has 3 atom stereocenters. The minimum atomic E-state index is -1.21. The number of carbonyl (C=O) groups excluding carboxylic acids is 4. The van der Waals surface area contributed by atoms with E-state index in [1.54, 1.807) is 52.6 Å². The van der Waals surface area contributed by atoms with Gasteiger partial charge in [0, 0.05) is 19.0 Å². The Morgan fingerprint density at radius 1 is 1.21 bits per heavy atom. The van der Waals surface area contributed by atoms with Gasteiger partial charge in [0.1, 0.15) is 18.2 Å². The Hall–Kier alpha value is -3.83. The second kappa shape index (κ2) is 13.9. The number of aliphatic hydroxyl groups is 1. The number of pyridine rings is 1. The molecule has 3 amide bonds. The van der Waals surface area contributed by atoms with Gasteiger partial charge < -0.3 is 20.1 Å². The number of nitrogens with one attached hydrogen (secondary N) is 2. The van der Waals surface area contributed by atoms with Gasteiger partial charge in [-0.25, -0.2) is 5.43 Å². The largest absolute Gasteiger partial charge is 0.468 e. The van der Waals surface area contributed by atoms with Crippen LogP contribution in [0, 0.1) is 11.3 Å². The first-order chi connectivity index (χ1) is 19.7. The average molecular weight is 582 g/mol. The van der Waals surface area contributed by atoms with Gasteiger partial charge in [0.05, 0.1) is 30.3 Å². The van der Waals surface area contributed by atoms with E-state index in [1.807, 2.05) is 36.4 Å². The third-order valence-corrected chi connectivity index (χ3v) is 7.33. The van der Waals surface area contributed by atoms with Gasteiger partial charge in [-0.05, 0) is 57.2 Å². The van der Waals surface area contributed by atoms with Gasteiger partial charge in [-0.2, -0.15) is 0 Å². The van der Waals surface area contributed by atoms with Crippen LogP contribution < -0.4 is 10.7 Å². The fourth-order valence-electron chi connectivity index (χ4n) is 4.61. The van der Waals surface area contributed by atoms with Crippen molar-refractivity contribution in [3.8, 4) is 0 Å². The monoisotopic (exact) mass is 581 g/mol. The van der Waals surface area contributed by atoms with Crippen LogP contribution in [0.15, 0.2) is 36.4 Å². The molecule has 11 nitrogen and oxygen atoms in total. The molecule has 0 spiro atoms. The number of hydrogen-bond acceptors (Lipinski definition) is 8. The lowest BCUT2D eigenvalue weighted by atomic mass is 9.92. The molecule has 0 radical (unpaired) electrons. The zero-order chi connectivity index (χ0) is 31.2. The van der Waals surface area contributed by atoms with E-state index in [0.29, 0.717) is 25.1 Å². The molecule has 228 valence electrons. The highest BCUT2D eigenvalue weighted by molar-refractivity contribution is 5.89. The second-order valence-corrected chi connectivity index (χ2v) is 11.7. The number of aromatic nitrogens is 1. The van der Waals surface area contributed by atoms with Crippen molar-refractivity contribution in [3.63, 3.8) is 0 Å². The molecule has 1 aliphatic rings. The Kier molecular flexibility index (Phi) is 10.8. The fraction of sp³-hybridized carbons (Fsp3) is 0.516. The van der Waals surface area contributed by atoms with Gasteiger partial charge in [0.15, 0.2) is 0 Å². The molecule has 2 heterocycles. The van der Waals surface area contributed by atoms with Crippen LogP contribution in [0.1, 0.15) is 58.7 Å². The molecule has 11 heteroatoms. The van der Waals surface area contributed by atoms with Crippen molar-refractivity contribution in [1.82, 2.24) is 25.6 Å². The van der Waals surface area contributed by atoms with Crippen molar-refractivity contribution in [2.75, 3.05) is 20.7 Å². The Bertz CT molecular complexity index is 1340. The molecule has 1 saturated heterocycles. The van der Waals surface area contributed by atoms with E-state index >= 15 is 0 Å². The van der Waals surface area contributed by atoms with E-state index < -0.39 is 29.5 Å². The number of fused-ring (bicyclic) bond motifs is 1. The fourth-order valence-corrected chi connectivity index (χ4v) is 4.61. The number of carbonyl (C=O) groups is 4. The Balaban J connectivity index is 1.64. The molecular formula is C31H43N5O6. The van der Waals surface area contributed by atoms with Crippen molar-refractivity contribution < 1.29 is 29.0 Å². The quantitative estimate of drug-likeness (QED) is 0.364. The summed E-state index contributed by atoms with van der Waals surface area (Å²) >= 11 is 0. The highest BCUT2D eigenvalue weighted by atomic mass is 16.5. The standard InChI is InChI=1S/C31H43N5O6/c1-19(2)26(37)27(38)32-20(3)28(39)36-16-8-9-24(34-36)29(40)35(6)18-23-13-12-22-11-10-21(17-25(22)33-23)14-15-31(4,5)30(41)42-7/h10-15,17,19-20,24,26,34,37H,8-9,16,18H2,1-7H3,(H,32,38). The summed E-state index contributed by atoms with van der Waals surface area (Å²) in [7, 11) is 3.06. The van der Waals surface area contributed by atoms with Crippen molar-refractivity contribution in [2.24, 2.45) is 11.3 Å². The molecule has 42 heavy (non-hydrogen) atoms. The number of rotatable bonds is 10. The van der Waals surface area contributed by atoms with Gasteiger partial charge in [0.2, 0.25) is 11.8 Å². The SMILES string of the molecule is COC(=O)C(C)(C)C=Cc1ccc2ccc(CN(C)C(=O)C3CCCN(C(=O)C(C)NC(=O)C(O)C(C)C)N3)nc2c1. The molecule has 3 rings (SSSR count). The minimum Gasteiger partial charge on any atom is -0.468 e. The lowest BCUT2D eigenvalue weighted by molar-refractivity contribution is -0.148. The summed E-state index contributed by atoms with van der Waals surface area (Å²) in [5.74, 6) is -1.76. The van der Waals surface area contributed by atoms with Crippen LogP contribution in [0.4, 0.5) is 0 Å². The third-order valence-electron chi connectivity index (χ3n) is 7.33. The molecule has 0 saturated carbocycles. The average Bonchev–Trinajstić information content (AvgIpc) is 2.97. The van der Waals surface area contributed by atoms with Crippen LogP contribution in [0.2, 0.25) is 0 Å². The summed E-state index contributed by atoms with van der Waals surface area (Å²) in [6, 6.07) is 8.19. The number of likely N-dealkylation sites (N-methyl/N-ethyl adjacent to an activating group) is 1. The Morgan fingerprint density at radius 2 is 1.90 bits per heavy atom. The number of methoxy groups -OCH3 is 1. The lowest BCUT2D eigenvalue weighted by Gasteiger charge is -2.36. The van der Waals surface area contributed by atoms with Crippen molar-refractivity contribution >= 4 is 40.7 Å². The predicted octanol–water partition coefficient (Wildman–Crippen LogP) is 2.42. The smallest absolute Gasteiger partial charge is 0.315 e. The molecule has 1 fully saturated rings. The number of ether oxygens (including phenoxy) is 1. The Morgan fingerprint density at radius 3 is 2.57 bits per heavy atom. The summed E-state index contributed by atoms with van der Waals surface area (Å²) in [5.41, 5.74) is 4.60. The van der Waals surface area contributed by atoms with E-state index in [2.05, 4.69) is 10.7 Å². The molecule has 3 N–H and O–H groups in total. The maximum atomic E-state index is 13.3. The van der Waals surface area contributed by atoms with Crippen molar-refractivity contribution in [2.45, 2.75) is 72.2 Å². The normalized spacial score (nSPS) is 17.3. The number of esters is 1. The third kappa shape index (κ3) is 8.13. The van der Waals surface area contributed by atoms with Gasteiger partial charge in [0.25, 0.3) is 5.91 Å². The second-order valence-electron chi connectivity index (χ2n) is 11.7. The highest BCUT2D eigenvalue weighted by Crippen LogP contribution is 2.23. The predicted molar refractivity (Wildman–Crippen MR) is 159 cm³/mol. The van der Waals surface area contributed by atoms with Crippen LogP contribution >= 0.6 is 0 Å². The number of amides is 3. The van der Waals surface area contributed by atoms with E-state index in [4.69, 9.17) is 9.72 Å². The Labute approximate surface area is 247 Å². The number of hydrazine groups is 1. The number of nitrogens with zero attached hydrogens (tertiary/aromatic N) is 3. The lowest BCUT2D eigenvalue weighted by Crippen LogP contribution is -2.61. The maximum absolute atomic E-state index is 13.3. The summed E-state index contributed by atoms with van der Waals surface area (Å²) in [4.78, 5) is 56.8. The first-order valence-corrected chi connectivity index (χ1v) is 14.2. The zero-order valence-electron chi connectivity index (χ0n) is 25.5. The molecule has 0 aliphatic carbocycles. The first kappa shape index (κ1) is 32.7. The number of aliphatic hydroxyl groups excluding tert-OH is 1. The molecule has 3 unspecified atom stereocenters. The van der Waals surface area contributed by atoms with Crippen LogP contribution in [0.3, 0.4) is 0 Å². The van der Waals surface area contributed by atoms with Crippen LogP contribution in [-0.4, -0.2) is 82.6 Å². The van der Waals surface area contributed by atoms with Gasteiger partial charge in [-0.3, -0.25) is 29.2 Å². The summed E-state index contributed by atoms with van der Waals surface area (Å²) in [6.45, 7) is 9.23. The minimum absolute atomic E-state index is 0.178. The molecule has 1 aliphatic heterocycles. The summed E-state index contributed by atoms with van der Waals surface area (Å²) < 4.78 is 4.86. The summed E-state index contributed by atoms with van der Waals surface area (Å²) in [5, 5.41) is 14.8. The molecular weight excluding hydrogens is 538 g/mol. The maximum Gasteiger partial charge on any atom is 0.315 e. The zero-order valence-corrected chi connectivity index (χ0v) is 25.5. The van der Waals surface area contributed by atoms with Crippen LogP contribution in [0.25, 0.3) is 17.0 Å². The summed E-state index contributed by atoms with van der Waals surface area (Å²) in [6.07, 6.45) is 3.63. The van der Waals surface area contributed by atoms with Gasteiger partial charge in [-0.1, -0.05) is 44.2 Å². The van der Waals surface area contributed by atoms with E-state index in [-0.39, 0.29) is 30.2 Å². The van der Waals surface area contributed by atoms with E-state index in [9.17, 15) is 24.3 Å². The molecule has 1 aromatic heterocycles. The van der Waals surface area contributed by atoms with E-state index in [0.717, 1.165) is 16.5 Å². The topological polar surface area (TPSA) is 141 Å². The van der Waals surface area contributed by atoms with Crippen molar-refractivity contribution in [3.05, 3.63) is 47.7 Å². The molecule has 0 bridgehead atoms. The van der Waals surface area contributed by atoms with E-state index in [1.165, 1.54) is 12.1 Å². The molecule has 2 aromatic rings. The van der Waals surface area contributed by atoms with Crippen molar-refractivity contribution in [1.29, 1.82) is 0 Å². The number of benzene rings is 1. The van der Waals surface area contributed by atoms with Crippen LogP contribution in [-0.2, 0) is 30.5 Å². The first-order valence-electron chi connectivity index (χ1n) is 14.2. The van der Waals surface area contributed by atoms with Gasteiger partial charge >= 0.3 is 5.97 Å². The number of hydrogen-bond donors (Lipinski definition) is 3.